The molecule has 1 atom stereocenters. The number of rotatable bonds is 4. The maximum atomic E-state index is 4.14. The monoisotopic (exact) mass is 221 g/mol. The molecule has 15 heavy (non-hydrogen) atoms. The van der Waals surface area contributed by atoms with Gasteiger partial charge in [-0.25, -0.2) is 0 Å². The zero-order valence-corrected chi connectivity index (χ0v) is 9.79. The van der Waals surface area contributed by atoms with E-state index in [0.29, 0.717) is 6.04 Å². The lowest BCUT2D eigenvalue weighted by Crippen LogP contribution is -2.16. The molecule has 0 aromatic carbocycles. The highest BCUT2D eigenvalue weighted by atomic mass is 32.1. The molecule has 1 N–H and O–H groups in total. The Morgan fingerprint density at radius 2 is 2.47 bits per heavy atom. The highest BCUT2D eigenvalue weighted by molar-refractivity contribution is 7.10. The molecule has 2 aromatic rings. The second-order valence-corrected chi connectivity index (χ2v) is 4.62. The number of thiophene rings is 1. The second kappa shape index (κ2) is 4.59. The normalized spacial score (nSPS) is 12.9. The van der Waals surface area contributed by atoms with Crippen LogP contribution in [0.1, 0.15) is 23.4 Å². The predicted octanol–water partition coefficient (Wildman–Crippen LogP) is 2.33. The fourth-order valence-corrected chi connectivity index (χ4v) is 2.23. The summed E-state index contributed by atoms with van der Waals surface area (Å²) in [5, 5.41) is 9.72. The zero-order chi connectivity index (χ0) is 10.7. The van der Waals surface area contributed by atoms with Gasteiger partial charge in [-0.2, -0.15) is 5.10 Å². The molecule has 0 amide bonds. The van der Waals surface area contributed by atoms with Crippen LogP contribution in [0.5, 0.6) is 0 Å². The van der Waals surface area contributed by atoms with Gasteiger partial charge in [-0.3, -0.25) is 4.68 Å². The Morgan fingerprint density at radius 3 is 3.07 bits per heavy atom. The first kappa shape index (κ1) is 10.4. The van der Waals surface area contributed by atoms with Crippen molar-refractivity contribution in [3.63, 3.8) is 0 Å². The van der Waals surface area contributed by atoms with Crippen LogP contribution in [0.15, 0.2) is 29.9 Å². The second-order valence-electron chi connectivity index (χ2n) is 3.64. The molecule has 0 aliphatic carbocycles. The molecule has 3 nitrogen and oxygen atoms in total. The molecule has 0 spiro atoms. The van der Waals surface area contributed by atoms with Gasteiger partial charge in [0.05, 0.1) is 6.20 Å². The SMILES string of the molecule is C[C@@H](NCc1cnn(C)c1)c1cccs1. The first-order chi connectivity index (χ1) is 7.25. The Bertz CT molecular complexity index is 405. The van der Waals surface area contributed by atoms with E-state index in [1.807, 2.05) is 24.1 Å². The fraction of sp³-hybridized carbons (Fsp3) is 0.364. The van der Waals surface area contributed by atoms with Gasteiger partial charge >= 0.3 is 0 Å². The van der Waals surface area contributed by atoms with Gasteiger partial charge in [0.25, 0.3) is 0 Å². The maximum Gasteiger partial charge on any atom is 0.0534 e. The summed E-state index contributed by atoms with van der Waals surface area (Å²) in [5.74, 6) is 0. The molecule has 2 rings (SSSR count). The standard InChI is InChI=1S/C11H15N3S/c1-9(11-4-3-5-15-11)12-6-10-7-13-14(2)8-10/h3-5,7-9,12H,6H2,1-2H3/t9-/m1/s1. The van der Waals surface area contributed by atoms with Crippen LogP contribution in [0.2, 0.25) is 0 Å². The van der Waals surface area contributed by atoms with E-state index >= 15 is 0 Å². The average molecular weight is 221 g/mol. The van der Waals surface area contributed by atoms with Gasteiger partial charge in [-0.05, 0) is 18.4 Å². The molecule has 80 valence electrons. The smallest absolute Gasteiger partial charge is 0.0534 e. The Labute approximate surface area is 93.7 Å². The summed E-state index contributed by atoms with van der Waals surface area (Å²) in [5.41, 5.74) is 1.22. The van der Waals surface area contributed by atoms with Crippen LogP contribution in [-0.2, 0) is 13.6 Å². The molecule has 0 aliphatic heterocycles. The van der Waals surface area contributed by atoms with Gasteiger partial charge in [0.15, 0.2) is 0 Å². The van der Waals surface area contributed by atoms with Crippen molar-refractivity contribution in [3.05, 3.63) is 40.3 Å². The van der Waals surface area contributed by atoms with Gasteiger partial charge in [0.1, 0.15) is 0 Å². The van der Waals surface area contributed by atoms with Crippen molar-refractivity contribution in [2.24, 2.45) is 7.05 Å². The molecule has 4 heteroatoms. The lowest BCUT2D eigenvalue weighted by atomic mass is 10.2. The predicted molar refractivity (Wildman–Crippen MR) is 62.8 cm³/mol. The molecule has 0 aliphatic rings. The highest BCUT2D eigenvalue weighted by Gasteiger charge is 2.05. The molecule has 0 saturated heterocycles. The van der Waals surface area contributed by atoms with Crippen LogP contribution >= 0.6 is 11.3 Å². The van der Waals surface area contributed by atoms with Crippen molar-refractivity contribution in [1.29, 1.82) is 0 Å². The summed E-state index contributed by atoms with van der Waals surface area (Å²) < 4.78 is 1.83. The van der Waals surface area contributed by atoms with E-state index in [1.54, 1.807) is 11.3 Å². The van der Waals surface area contributed by atoms with E-state index < -0.39 is 0 Å². The fourth-order valence-electron chi connectivity index (χ4n) is 1.47. The highest BCUT2D eigenvalue weighted by Crippen LogP contribution is 2.18. The minimum Gasteiger partial charge on any atom is -0.305 e. The number of aryl methyl sites for hydroxylation is 1. The largest absolute Gasteiger partial charge is 0.305 e. The molecular weight excluding hydrogens is 206 g/mol. The van der Waals surface area contributed by atoms with Crippen LogP contribution in [0.25, 0.3) is 0 Å². The number of nitrogens with zero attached hydrogens (tertiary/aromatic N) is 2. The third kappa shape index (κ3) is 2.67. The zero-order valence-electron chi connectivity index (χ0n) is 8.97. The molecule has 0 bridgehead atoms. The third-order valence-corrected chi connectivity index (χ3v) is 3.40. The van der Waals surface area contributed by atoms with Gasteiger partial charge in [-0.1, -0.05) is 6.07 Å². The molecule has 0 fully saturated rings. The van der Waals surface area contributed by atoms with Gasteiger partial charge in [0.2, 0.25) is 0 Å². The third-order valence-electron chi connectivity index (χ3n) is 2.34. The average Bonchev–Trinajstić information content (AvgIpc) is 2.84. The molecule has 0 saturated carbocycles. The lowest BCUT2D eigenvalue weighted by molar-refractivity contribution is 0.582. The van der Waals surface area contributed by atoms with Crippen LogP contribution in [-0.4, -0.2) is 9.78 Å². The summed E-state index contributed by atoms with van der Waals surface area (Å²) in [6, 6.07) is 4.65. The Balaban J connectivity index is 1.88. The van der Waals surface area contributed by atoms with E-state index in [2.05, 4.69) is 34.9 Å². The quantitative estimate of drug-likeness (QED) is 0.858. The van der Waals surface area contributed by atoms with Crippen LogP contribution in [0.4, 0.5) is 0 Å². The van der Waals surface area contributed by atoms with Crippen molar-refractivity contribution in [2.75, 3.05) is 0 Å². The van der Waals surface area contributed by atoms with Gasteiger partial charge < -0.3 is 5.32 Å². The Kier molecular flexibility index (Phi) is 3.18. The number of hydrogen-bond acceptors (Lipinski definition) is 3. The van der Waals surface area contributed by atoms with Crippen LogP contribution in [0, 0.1) is 0 Å². The summed E-state index contributed by atoms with van der Waals surface area (Å²) in [7, 11) is 1.94. The minimum absolute atomic E-state index is 0.408. The minimum atomic E-state index is 0.408. The van der Waals surface area contributed by atoms with E-state index in [1.165, 1.54) is 10.4 Å². The summed E-state index contributed by atoms with van der Waals surface area (Å²) in [4.78, 5) is 1.37. The summed E-state index contributed by atoms with van der Waals surface area (Å²) in [6.45, 7) is 3.05. The van der Waals surface area contributed by atoms with Crippen molar-refractivity contribution < 1.29 is 0 Å². The first-order valence-corrected chi connectivity index (χ1v) is 5.88. The number of nitrogens with one attached hydrogen (secondary N) is 1. The van der Waals surface area contributed by atoms with E-state index in [0.717, 1.165) is 6.54 Å². The van der Waals surface area contributed by atoms with Crippen molar-refractivity contribution in [3.8, 4) is 0 Å². The van der Waals surface area contributed by atoms with E-state index in [-0.39, 0.29) is 0 Å². The van der Waals surface area contributed by atoms with Crippen molar-refractivity contribution in [1.82, 2.24) is 15.1 Å². The van der Waals surface area contributed by atoms with Crippen LogP contribution < -0.4 is 5.32 Å². The first-order valence-electron chi connectivity index (χ1n) is 5.00. The molecule has 0 radical (unpaired) electrons. The maximum absolute atomic E-state index is 4.14. The van der Waals surface area contributed by atoms with Crippen LogP contribution in [0.3, 0.4) is 0 Å². The lowest BCUT2D eigenvalue weighted by Gasteiger charge is -2.10. The molecule has 2 aromatic heterocycles. The van der Waals surface area contributed by atoms with Gasteiger partial charge in [-0.15, -0.1) is 11.3 Å². The Hall–Kier alpha value is -1.13. The van der Waals surface area contributed by atoms with Crippen molar-refractivity contribution in [2.45, 2.75) is 19.5 Å². The summed E-state index contributed by atoms with van der Waals surface area (Å²) >= 11 is 1.79. The molecule has 0 unspecified atom stereocenters. The molecular formula is C11H15N3S. The number of hydrogen-bond donors (Lipinski definition) is 1. The van der Waals surface area contributed by atoms with E-state index in [9.17, 15) is 0 Å². The van der Waals surface area contributed by atoms with E-state index in [4.69, 9.17) is 0 Å². The van der Waals surface area contributed by atoms with Crippen molar-refractivity contribution >= 4 is 11.3 Å². The number of aromatic nitrogens is 2. The topological polar surface area (TPSA) is 29.9 Å². The summed E-state index contributed by atoms with van der Waals surface area (Å²) in [6.07, 6.45) is 3.93. The Morgan fingerprint density at radius 1 is 1.60 bits per heavy atom. The van der Waals surface area contributed by atoms with Gasteiger partial charge in [0, 0.05) is 36.3 Å². The molecule has 2 heterocycles.